The van der Waals surface area contributed by atoms with Gasteiger partial charge in [-0.25, -0.2) is 23.2 Å². The minimum absolute atomic E-state index is 0.00824. The number of aromatic nitrogens is 2. The maximum atomic E-state index is 11.3. The summed E-state index contributed by atoms with van der Waals surface area (Å²) in [6, 6.07) is -0.466. The first kappa shape index (κ1) is 14.4. The molecule has 2 N–H and O–H groups in total. The van der Waals surface area contributed by atoms with Crippen LogP contribution in [0.5, 0.6) is 0 Å². The summed E-state index contributed by atoms with van der Waals surface area (Å²) < 4.78 is 22.6. The largest absolute Gasteiger partial charge is 0.476 e. The third kappa shape index (κ3) is 3.13. The molecule has 20 heavy (non-hydrogen) atoms. The van der Waals surface area contributed by atoms with Gasteiger partial charge in [-0.1, -0.05) is 19.9 Å². The summed E-state index contributed by atoms with van der Waals surface area (Å²) >= 11 is 0. The van der Waals surface area contributed by atoms with Gasteiger partial charge in [0.1, 0.15) is 5.82 Å². The summed E-state index contributed by atoms with van der Waals surface area (Å²) in [6.07, 6.45) is 2.86. The van der Waals surface area contributed by atoms with Crippen molar-refractivity contribution >= 4 is 21.5 Å². The zero-order valence-corrected chi connectivity index (χ0v) is 11.9. The van der Waals surface area contributed by atoms with Gasteiger partial charge in [-0.15, -0.1) is 0 Å². The molecule has 0 saturated heterocycles. The molecule has 8 heteroatoms. The first-order chi connectivity index (χ1) is 9.28. The Hall–Kier alpha value is -1.96. The number of anilines is 1. The standard InChI is InChI=1S/C12H15N3O4S/c1-7(2)11-13-5-9(10(15-11)12(16)17)14-8-3-4-20(18,19)6-8/h3-5,7-8,14H,6H2,1-2H3,(H,16,17). The smallest absolute Gasteiger partial charge is 0.356 e. The summed E-state index contributed by atoms with van der Waals surface area (Å²) in [5.74, 6) is -0.837. The molecule has 108 valence electrons. The molecule has 7 nitrogen and oxygen atoms in total. The number of rotatable bonds is 4. The van der Waals surface area contributed by atoms with E-state index in [1.165, 1.54) is 12.3 Å². The Morgan fingerprint density at radius 3 is 2.70 bits per heavy atom. The van der Waals surface area contributed by atoms with Gasteiger partial charge in [-0.2, -0.15) is 0 Å². The fourth-order valence-corrected chi connectivity index (χ4v) is 3.04. The van der Waals surface area contributed by atoms with Crippen LogP contribution in [0.15, 0.2) is 17.7 Å². The average molecular weight is 297 g/mol. The van der Waals surface area contributed by atoms with Crippen molar-refractivity contribution in [2.24, 2.45) is 0 Å². The molecule has 0 amide bonds. The number of nitrogens with zero attached hydrogens (tertiary/aromatic N) is 2. The van der Waals surface area contributed by atoms with E-state index < -0.39 is 21.8 Å². The van der Waals surface area contributed by atoms with Crippen molar-refractivity contribution in [2.45, 2.75) is 25.8 Å². The first-order valence-corrected chi connectivity index (χ1v) is 7.78. The number of carbonyl (C=O) groups is 1. The molecule has 0 spiro atoms. The predicted molar refractivity (Wildman–Crippen MR) is 73.4 cm³/mol. The number of carboxylic acids is 1. The van der Waals surface area contributed by atoms with Crippen LogP contribution in [0.1, 0.15) is 36.1 Å². The van der Waals surface area contributed by atoms with E-state index in [0.717, 1.165) is 5.41 Å². The zero-order chi connectivity index (χ0) is 14.9. The van der Waals surface area contributed by atoms with E-state index in [2.05, 4.69) is 15.3 Å². The highest BCUT2D eigenvalue weighted by atomic mass is 32.2. The van der Waals surface area contributed by atoms with Crippen molar-refractivity contribution in [2.75, 3.05) is 11.1 Å². The molecular weight excluding hydrogens is 282 g/mol. The Labute approximate surface area is 116 Å². The summed E-state index contributed by atoms with van der Waals surface area (Å²) in [7, 11) is -3.20. The van der Waals surface area contributed by atoms with Crippen LogP contribution in [-0.2, 0) is 9.84 Å². The van der Waals surface area contributed by atoms with E-state index in [1.807, 2.05) is 13.8 Å². The van der Waals surface area contributed by atoms with Gasteiger partial charge >= 0.3 is 5.97 Å². The molecule has 1 aromatic heterocycles. The fourth-order valence-electron chi connectivity index (χ4n) is 1.81. The highest BCUT2D eigenvalue weighted by molar-refractivity contribution is 7.94. The minimum Gasteiger partial charge on any atom is -0.476 e. The lowest BCUT2D eigenvalue weighted by molar-refractivity contribution is 0.0691. The number of aromatic carboxylic acids is 1. The van der Waals surface area contributed by atoms with E-state index in [-0.39, 0.29) is 23.1 Å². The quantitative estimate of drug-likeness (QED) is 0.853. The Kier molecular flexibility index (Phi) is 3.76. The van der Waals surface area contributed by atoms with Crippen LogP contribution in [0.2, 0.25) is 0 Å². The van der Waals surface area contributed by atoms with Crippen LogP contribution in [0.3, 0.4) is 0 Å². The zero-order valence-electron chi connectivity index (χ0n) is 11.1. The minimum atomic E-state index is -3.20. The van der Waals surface area contributed by atoms with Gasteiger partial charge in [0.25, 0.3) is 0 Å². The third-order valence-corrected chi connectivity index (χ3v) is 4.19. The van der Waals surface area contributed by atoms with E-state index in [0.29, 0.717) is 5.82 Å². The summed E-state index contributed by atoms with van der Waals surface area (Å²) in [5, 5.41) is 13.1. The van der Waals surface area contributed by atoms with Gasteiger partial charge in [-0.3, -0.25) is 0 Å². The van der Waals surface area contributed by atoms with Crippen molar-refractivity contribution < 1.29 is 18.3 Å². The summed E-state index contributed by atoms with van der Waals surface area (Å²) in [5.41, 5.74) is 0.0649. The Bertz CT molecular complexity index is 667. The van der Waals surface area contributed by atoms with Gasteiger partial charge in [0.2, 0.25) is 0 Å². The number of carboxylic acid groups (broad SMARTS) is 1. The number of hydrogen-bond donors (Lipinski definition) is 2. The fraction of sp³-hybridized carbons (Fsp3) is 0.417. The molecule has 0 saturated carbocycles. The maximum Gasteiger partial charge on any atom is 0.356 e. The molecule has 0 radical (unpaired) electrons. The van der Waals surface area contributed by atoms with E-state index in [9.17, 15) is 18.3 Å². The molecule has 0 aliphatic carbocycles. The monoisotopic (exact) mass is 297 g/mol. The van der Waals surface area contributed by atoms with Crippen molar-refractivity contribution in [3.05, 3.63) is 29.2 Å². The van der Waals surface area contributed by atoms with Gasteiger partial charge in [0.05, 0.1) is 23.7 Å². The maximum absolute atomic E-state index is 11.3. The second kappa shape index (κ2) is 5.20. The molecule has 1 aliphatic rings. The number of nitrogens with one attached hydrogen (secondary N) is 1. The Balaban J connectivity index is 2.28. The molecular formula is C12H15N3O4S. The van der Waals surface area contributed by atoms with Crippen LogP contribution in [0, 0.1) is 0 Å². The molecule has 0 bridgehead atoms. The summed E-state index contributed by atoms with van der Waals surface area (Å²) in [4.78, 5) is 19.3. The molecule has 0 fully saturated rings. The second-order valence-corrected chi connectivity index (χ2v) is 6.79. The van der Waals surface area contributed by atoms with Crippen LogP contribution in [-0.4, -0.2) is 41.3 Å². The normalized spacial score (nSPS) is 20.2. The predicted octanol–water partition coefficient (Wildman–Crippen LogP) is 1.02. The summed E-state index contributed by atoms with van der Waals surface area (Å²) in [6.45, 7) is 3.72. The van der Waals surface area contributed by atoms with E-state index >= 15 is 0 Å². The van der Waals surface area contributed by atoms with Gasteiger partial charge in [0.15, 0.2) is 15.5 Å². The van der Waals surface area contributed by atoms with Crippen molar-refractivity contribution in [1.29, 1.82) is 0 Å². The van der Waals surface area contributed by atoms with E-state index in [4.69, 9.17) is 0 Å². The van der Waals surface area contributed by atoms with Crippen molar-refractivity contribution in [3.8, 4) is 0 Å². The lowest BCUT2D eigenvalue weighted by Gasteiger charge is -2.14. The average Bonchev–Trinajstić information content (AvgIpc) is 2.68. The van der Waals surface area contributed by atoms with Crippen molar-refractivity contribution in [3.63, 3.8) is 0 Å². The first-order valence-electron chi connectivity index (χ1n) is 6.06. The third-order valence-electron chi connectivity index (χ3n) is 2.80. The Morgan fingerprint density at radius 2 is 2.20 bits per heavy atom. The molecule has 1 unspecified atom stereocenters. The van der Waals surface area contributed by atoms with Gasteiger partial charge in [-0.05, 0) is 0 Å². The number of sulfone groups is 1. The van der Waals surface area contributed by atoms with Crippen LogP contribution < -0.4 is 5.32 Å². The number of hydrogen-bond acceptors (Lipinski definition) is 6. The molecule has 1 atom stereocenters. The molecule has 2 rings (SSSR count). The topological polar surface area (TPSA) is 109 Å². The van der Waals surface area contributed by atoms with Crippen LogP contribution >= 0.6 is 0 Å². The Morgan fingerprint density at radius 1 is 1.50 bits per heavy atom. The van der Waals surface area contributed by atoms with Crippen molar-refractivity contribution in [1.82, 2.24) is 9.97 Å². The SMILES string of the molecule is CC(C)c1ncc(NC2C=CS(=O)(=O)C2)c(C(=O)O)n1. The lowest BCUT2D eigenvalue weighted by Crippen LogP contribution is -2.23. The second-order valence-electron chi connectivity index (χ2n) is 4.86. The van der Waals surface area contributed by atoms with Crippen LogP contribution in [0.4, 0.5) is 5.69 Å². The highest BCUT2D eigenvalue weighted by Gasteiger charge is 2.24. The highest BCUT2D eigenvalue weighted by Crippen LogP contribution is 2.19. The molecule has 1 aromatic rings. The van der Waals surface area contributed by atoms with Crippen LogP contribution in [0.25, 0.3) is 0 Å². The van der Waals surface area contributed by atoms with Gasteiger partial charge < -0.3 is 10.4 Å². The lowest BCUT2D eigenvalue weighted by atomic mass is 10.2. The molecule has 2 heterocycles. The molecule has 1 aliphatic heterocycles. The van der Waals surface area contributed by atoms with E-state index in [1.54, 1.807) is 0 Å². The van der Waals surface area contributed by atoms with Gasteiger partial charge in [0, 0.05) is 11.3 Å². The molecule has 0 aromatic carbocycles.